The van der Waals surface area contributed by atoms with Crippen molar-refractivity contribution in [2.45, 2.75) is 13.0 Å². The highest BCUT2D eigenvalue weighted by Crippen LogP contribution is 2.26. The Balaban J connectivity index is 1.42. The summed E-state index contributed by atoms with van der Waals surface area (Å²) in [4.78, 5) is 25.1. The summed E-state index contributed by atoms with van der Waals surface area (Å²) >= 11 is 1.34. The van der Waals surface area contributed by atoms with Crippen molar-refractivity contribution in [3.8, 4) is 0 Å². The van der Waals surface area contributed by atoms with Crippen molar-refractivity contribution in [1.82, 2.24) is 30.4 Å². The van der Waals surface area contributed by atoms with Gasteiger partial charge in [-0.25, -0.2) is 0 Å². The second-order valence-electron chi connectivity index (χ2n) is 6.47. The van der Waals surface area contributed by atoms with Gasteiger partial charge in [-0.3, -0.25) is 19.7 Å². The molecule has 3 aromatic rings. The fraction of sp³-hybridized carbons (Fsp3) is 0.389. The van der Waals surface area contributed by atoms with Crippen molar-refractivity contribution in [3.63, 3.8) is 0 Å². The van der Waals surface area contributed by atoms with Crippen LogP contribution in [0.15, 0.2) is 30.6 Å². The number of nitrogens with one attached hydrogen (secondary N) is 1. The molecule has 27 heavy (non-hydrogen) atoms. The summed E-state index contributed by atoms with van der Waals surface area (Å²) in [7, 11) is 1.60. The zero-order chi connectivity index (χ0) is 18.8. The van der Waals surface area contributed by atoms with Gasteiger partial charge in [0.2, 0.25) is 10.1 Å². The van der Waals surface area contributed by atoms with Crippen LogP contribution >= 0.6 is 11.3 Å². The molecule has 0 saturated carbocycles. The highest BCUT2D eigenvalue weighted by atomic mass is 32.1. The van der Waals surface area contributed by atoms with E-state index in [1.807, 2.05) is 6.07 Å². The molecule has 1 atom stereocenters. The first kappa shape index (κ1) is 17.7. The number of anilines is 1. The van der Waals surface area contributed by atoms with Gasteiger partial charge in [0.1, 0.15) is 0 Å². The van der Waals surface area contributed by atoms with E-state index < -0.39 is 0 Å². The van der Waals surface area contributed by atoms with Gasteiger partial charge in [0, 0.05) is 51.7 Å². The minimum absolute atomic E-state index is 0.189. The predicted octanol–water partition coefficient (Wildman–Crippen LogP) is 1.72. The number of carbonyl (C=O) groups excluding carboxylic acids is 1. The molecule has 1 fully saturated rings. The first-order valence-electron chi connectivity index (χ1n) is 8.91. The largest absolute Gasteiger partial charge is 0.353 e. The van der Waals surface area contributed by atoms with Crippen LogP contribution in [0.5, 0.6) is 0 Å². The number of aromatic nitrogens is 4. The Morgan fingerprint density at radius 2 is 1.85 bits per heavy atom. The van der Waals surface area contributed by atoms with Crippen molar-refractivity contribution >= 4 is 33.4 Å². The molecule has 9 heteroatoms. The van der Waals surface area contributed by atoms with Crippen LogP contribution in [0.1, 0.15) is 28.3 Å². The third-order valence-electron chi connectivity index (χ3n) is 4.94. The summed E-state index contributed by atoms with van der Waals surface area (Å²) in [6.07, 6.45) is 3.44. The molecule has 1 aliphatic heterocycles. The van der Waals surface area contributed by atoms with E-state index in [0.29, 0.717) is 11.0 Å². The normalized spacial score (nSPS) is 16.4. The number of carbonyl (C=O) groups is 1. The third-order valence-corrected chi connectivity index (χ3v) is 5.93. The zero-order valence-electron chi connectivity index (χ0n) is 15.3. The predicted molar refractivity (Wildman–Crippen MR) is 105 cm³/mol. The van der Waals surface area contributed by atoms with Crippen LogP contribution < -0.4 is 10.2 Å². The molecular formula is C18H21N7OS. The van der Waals surface area contributed by atoms with Gasteiger partial charge in [-0.1, -0.05) is 17.4 Å². The first-order chi connectivity index (χ1) is 13.2. The summed E-state index contributed by atoms with van der Waals surface area (Å²) in [5, 5.41) is 11.9. The van der Waals surface area contributed by atoms with Crippen LogP contribution in [0.4, 0.5) is 5.13 Å². The summed E-state index contributed by atoms with van der Waals surface area (Å²) in [6, 6.07) is 6.59. The van der Waals surface area contributed by atoms with E-state index in [9.17, 15) is 4.79 Å². The minimum Gasteiger partial charge on any atom is -0.353 e. The van der Waals surface area contributed by atoms with Crippen LogP contribution in [0.2, 0.25) is 0 Å². The van der Waals surface area contributed by atoms with E-state index in [-0.39, 0.29) is 5.91 Å². The molecule has 1 aromatic carbocycles. The standard InChI is InChI=1S/C18H21N7OS/c1-12(13-3-4-14-15(11-13)21-6-5-20-14)24-7-9-25(10-8-24)18-23-22-17(27-18)16(26)19-2/h3-6,11-12H,7-10H2,1-2H3,(H,19,26). The maximum Gasteiger partial charge on any atom is 0.282 e. The van der Waals surface area contributed by atoms with E-state index in [1.165, 1.54) is 16.9 Å². The Morgan fingerprint density at radius 3 is 2.59 bits per heavy atom. The Bertz CT molecular complexity index is 952. The Morgan fingerprint density at radius 1 is 1.11 bits per heavy atom. The van der Waals surface area contributed by atoms with E-state index in [4.69, 9.17) is 0 Å². The van der Waals surface area contributed by atoms with Gasteiger partial charge in [0.25, 0.3) is 5.91 Å². The molecule has 2 aromatic heterocycles. The number of nitrogens with zero attached hydrogens (tertiary/aromatic N) is 6. The summed E-state index contributed by atoms with van der Waals surface area (Å²) in [6.45, 7) is 5.80. The average molecular weight is 383 g/mol. The van der Waals surface area contributed by atoms with Crippen molar-refractivity contribution in [1.29, 1.82) is 0 Å². The molecule has 8 nitrogen and oxygen atoms in total. The molecule has 0 radical (unpaired) electrons. The van der Waals surface area contributed by atoms with Gasteiger partial charge in [-0.2, -0.15) is 0 Å². The van der Waals surface area contributed by atoms with Crippen LogP contribution in [-0.2, 0) is 0 Å². The first-order valence-corrected chi connectivity index (χ1v) is 9.72. The molecule has 140 valence electrons. The van der Waals surface area contributed by atoms with Crippen molar-refractivity contribution in [2.75, 3.05) is 38.1 Å². The molecule has 0 bridgehead atoms. The maximum atomic E-state index is 11.7. The smallest absolute Gasteiger partial charge is 0.282 e. The number of benzene rings is 1. The van der Waals surface area contributed by atoms with Crippen molar-refractivity contribution < 1.29 is 4.79 Å². The SMILES string of the molecule is CNC(=O)c1nnc(N2CCN(C(C)c3ccc4nccnc4c3)CC2)s1. The molecule has 1 aliphatic rings. The maximum absolute atomic E-state index is 11.7. The topological polar surface area (TPSA) is 87.1 Å². The molecule has 0 aliphatic carbocycles. The average Bonchev–Trinajstić information content (AvgIpc) is 3.22. The zero-order valence-corrected chi connectivity index (χ0v) is 16.1. The number of piperazine rings is 1. The summed E-state index contributed by atoms with van der Waals surface area (Å²) < 4.78 is 0. The van der Waals surface area contributed by atoms with E-state index in [2.05, 4.69) is 54.3 Å². The van der Waals surface area contributed by atoms with Crippen LogP contribution in [0.25, 0.3) is 11.0 Å². The number of amides is 1. The van der Waals surface area contributed by atoms with Crippen molar-refractivity contribution in [3.05, 3.63) is 41.2 Å². The third kappa shape index (κ3) is 3.60. The van der Waals surface area contributed by atoms with E-state index in [0.717, 1.165) is 42.3 Å². The summed E-state index contributed by atoms with van der Waals surface area (Å²) in [5.74, 6) is -0.189. The molecule has 1 amide bonds. The Kier molecular flexibility index (Phi) is 4.95. The Labute approximate surface area is 161 Å². The van der Waals surface area contributed by atoms with Gasteiger partial charge < -0.3 is 10.2 Å². The highest BCUT2D eigenvalue weighted by Gasteiger charge is 2.25. The Hall–Kier alpha value is -2.65. The molecule has 1 unspecified atom stereocenters. The molecule has 0 spiro atoms. The van der Waals surface area contributed by atoms with Gasteiger partial charge in [-0.15, -0.1) is 10.2 Å². The lowest BCUT2D eigenvalue weighted by Crippen LogP contribution is -2.47. The van der Waals surface area contributed by atoms with Crippen LogP contribution in [0.3, 0.4) is 0 Å². The molecule has 3 heterocycles. The van der Waals surface area contributed by atoms with Crippen LogP contribution in [-0.4, -0.2) is 64.2 Å². The lowest BCUT2D eigenvalue weighted by atomic mass is 10.1. The van der Waals surface area contributed by atoms with Crippen molar-refractivity contribution in [2.24, 2.45) is 0 Å². The van der Waals surface area contributed by atoms with Gasteiger partial charge in [-0.05, 0) is 24.6 Å². The second kappa shape index (κ2) is 7.53. The number of hydrogen-bond donors (Lipinski definition) is 1. The fourth-order valence-electron chi connectivity index (χ4n) is 3.29. The highest BCUT2D eigenvalue weighted by molar-refractivity contribution is 7.17. The lowest BCUT2D eigenvalue weighted by Gasteiger charge is -2.38. The number of hydrogen-bond acceptors (Lipinski definition) is 8. The quantitative estimate of drug-likeness (QED) is 0.734. The van der Waals surface area contributed by atoms with E-state index >= 15 is 0 Å². The molecular weight excluding hydrogens is 362 g/mol. The lowest BCUT2D eigenvalue weighted by molar-refractivity contribution is 0.0962. The molecule has 4 rings (SSSR count). The van der Waals surface area contributed by atoms with Crippen LogP contribution in [0, 0.1) is 0 Å². The van der Waals surface area contributed by atoms with E-state index in [1.54, 1.807) is 19.4 Å². The monoisotopic (exact) mass is 383 g/mol. The second-order valence-corrected chi connectivity index (χ2v) is 7.43. The van der Waals surface area contributed by atoms with Gasteiger partial charge in [0.05, 0.1) is 11.0 Å². The van der Waals surface area contributed by atoms with Gasteiger partial charge in [0.15, 0.2) is 0 Å². The summed E-state index contributed by atoms with van der Waals surface area (Å²) in [5.41, 5.74) is 3.09. The number of fused-ring (bicyclic) bond motifs is 1. The number of rotatable bonds is 4. The fourth-order valence-corrected chi connectivity index (χ4v) is 4.14. The van der Waals surface area contributed by atoms with Gasteiger partial charge >= 0.3 is 0 Å². The molecule has 1 saturated heterocycles. The molecule has 1 N–H and O–H groups in total. The minimum atomic E-state index is -0.189.